The molecule has 0 spiro atoms. The van der Waals surface area contributed by atoms with E-state index in [4.69, 9.17) is 5.26 Å². The van der Waals surface area contributed by atoms with Crippen LogP contribution in [0.5, 0.6) is 0 Å². The third kappa shape index (κ3) is 4.18. The largest absolute Gasteiger partial charge is 0.242 e. The van der Waals surface area contributed by atoms with E-state index in [9.17, 15) is 4.39 Å². The summed E-state index contributed by atoms with van der Waals surface area (Å²) in [7, 11) is 0. The van der Waals surface area contributed by atoms with Gasteiger partial charge in [0, 0.05) is 0 Å². The number of hydrogen-bond acceptors (Lipinski definition) is 1. The number of rotatable bonds is 6. The van der Waals surface area contributed by atoms with E-state index in [1.807, 2.05) is 48.5 Å². The molecule has 0 amide bonds. The standard InChI is InChI=1S/C24H22FN/c1-2-3-4-24(25)23-15-13-22(14-16-23)21-11-9-20(10-12-21)19-7-5-18(17-26)6-8-19/h5-16,24H,2-4H2,1H3. The van der Waals surface area contributed by atoms with Crippen LogP contribution in [0.15, 0.2) is 72.8 Å². The van der Waals surface area contributed by atoms with Gasteiger partial charge in [0.25, 0.3) is 0 Å². The second-order valence-corrected chi connectivity index (χ2v) is 6.50. The lowest BCUT2D eigenvalue weighted by molar-refractivity contribution is 0.316. The molecule has 1 unspecified atom stereocenters. The zero-order chi connectivity index (χ0) is 18.4. The topological polar surface area (TPSA) is 23.8 Å². The molecule has 26 heavy (non-hydrogen) atoms. The molecule has 3 aromatic carbocycles. The van der Waals surface area contributed by atoms with Crippen LogP contribution in [0.25, 0.3) is 22.3 Å². The molecular formula is C24H22FN. The molecular weight excluding hydrogens is 321 g/mol. The summed E-state index contributed by atoms with van der Waals surface area (Å²) in [6, 6.07) is 25.8. The molecule has 1 nitrogen and oxygen atoms in total. The summed E-state index contributed by atoms with van der Waals surface area (Å²) in [5.74, 6) is 0. The Hall–Kier alpha value is -2.92. The van der Waals surface area contributed by atoms with Gasteiger partial charge < -0.3 is 0 Å². The fourth-order valence-electron chi connectivity index (χ4n) is 3.03. The number of alkyl halides is 1. The maximum Gasteiger partial charge on any atom is 0.125 e. The molecule has 0 bridgehead atoms. The number of halogens is 1. The SMILES string of the molecule is CCCCC(F)c1ccc(-c2ccc(-c3ccc(C#N)cc3)cc2)cc1. The monoisotopic (exact) mass is 343 g/mol. The third-order valence-electron chi connectivity index (χ3n) is 4.65. The van der Waals surface area contributed by atoms with Crippen LogP contribution in [0, 0.1) is 11.3 Å². The van der Waals surface area contributed by atoms with Crippen molar-refractivity contribution >= 4 is 0 Å². The van der Waals surface area contributed by atoms with Gasteiger partial charge in [0.15, 0.2) is 0 Å². The lowest BCUT2D eigenvalue weighted by Gasteiger charge is -2.09. The Kier molecular flexibility index (Phi) is 5.81. The first kappa shape index (κ1) is 17.9. The van der Waals surface area contributed by atoms with Crippen LogP contribution < -0.4 is 0 Å². The molecule has 3 rings (SSSR count). The number of unbranched alkanes of at least 4 members (excludes halogenated alkanes) is 1. The van der Waals surface area contributed by atoms with Gasteiger partial charge in [0.05, 0.1) is 11.6 Å². The first-order valence-electron chi connectivity index (χ1n) is 9.06. The van der Waals surface area contributed by atoms with E-state index < -0.39 is 6.17 Å². The molecule has 0 fully saturated rings. The number of nitriles is 1. The lowest BCUT2D eigenvalue weighted by Crippen LogP contribution is -1.91. The molecule has 0 radical (unpaired) electrons. The Labute approximate surface area is 154 Å². The molecule has 130 valence electrons. The van der Waals surface area contributed by atoms with Crippen molar-refractivity contribution in [3.05, 3.63) is 83.9 Å². The van der Waals surface area contributed by atoms with Crippen LogP contribution in [0.3, 0.4) is 0 Å². The van der Waals surface area contributed by atoms with Gasteiger partial charge in [-0.1, -0.05) is 80.4 Å². The maximum atomic E-state index is 14.1. The van der Waals surface area contributed by atoms with Gasteiger partial charge in [0.2, 0.25) is 0 Å². The minimum atomic E-state index is -0.872. The van der Waals surface area contributed by atoms with Crippen molar-refractivity contribution in [3.8, 4) is 28.3 Å². The van der Waals surface area contributed by atoms with Gasteiger partial charge in [-0.15, -0.1) is 0 Å². The van der Waals surface area contributed by atoms with Crippen molar-refractivity contribution in [2.24, 2.45) is 0 Å². The van der Waals surface area contributed by atoms with E-state index in [1.165, 1.54) is 0 Å². The van der Waals surface area contributed by atoms with Crippen LogP contribution in [-0.4, -0.2) is 0 Å². The van der Waals surface area contributed by atoms with Crippen LogP contribution in [0.2, 0.25) is 0 Å². The molecule has 0 N–H and O–H groups in total. The first-order valence-corrected chi connectivity index (χ1v) is 9.06. The summed E-state index contributed by atoms with van der Waals surface area (Å²) < 4.78 is 14.1. The number of hydrogen-bond donors (Lipinski definition) is 0. The molecule has 0 aromatic heterocycles. The van der Waals surface area contributed by atoms with E-state index in [2.05, 4.69) is 37.3 Å². The molecule has 0 aliphatic carbocycles. The number of nitrogens with zero attached hydrogens (tertiary/aromatic N) is 1. The lowest BCUT2D eigenvalue weighted by atomic mass is 9.98. The van der Waals surface area contributed by atoms with Gasteiger partial charge in [-0.2, -0.15) is 5.26 Å². The van der Waals surface area contributed by atoms with Crippen molar-refractivity contribution < 1.29 is 4.39 Å². The molecule has 3 aromatic rings. The predicted molar refractivity (Wildman–Crippen MR) is 105 cm³/mol. The maximum absolute atomic E-state index is 14.1. The Morgan fingerprint density at radius 3 is 1.62 bits per heavy atom. The Morgan fingerprint density at radius 2 is 1.19 bits per heavy atom. The Morgan fingerprint density at radius 1 is 0.769 bits per heavy atom. The minimum Gasteiger partial charge on any atom is -0.242 e. The van der Waals surface area contributed by atoms with Crippen LogP contribution in [0.4, 0.5) is 4.39 Å². The van der Waals surface area contributed by atoms with Gasteiger partial charge >= 0.3 is 0 Å². The van der Waals surface area contributed by atoms with E-state index in [0.717, 1.165) is 40.7 Å². The highest BCUT2D eigenvalue weighted by molar-refractivity contribution is 5.70. The summed E-state index contributed by atoms with van der Waals surface area (Å²) in [6.07, 6.45) is 1.65. The average Bonchev–Trinajstić information content (AvgIpc) is 2.72. The Bertz CT molecular complexity index is 871. The summed E-state index contributed by atoms with van der Waals surface area (Å²) >= 11 is 0. The molecule has 0 saturated heterocycles. The van der Waals surface area contributed by atoms with Gasteiger partial charge in [-0.05, 0) is 46.4 Å². The fraction of sp³-hybridized carbons (Fsp3) is 0.208. The van der Waals surface area contributed by atoms with Crippen LogP contribution >= 0.6 is 0 Å². The van der Waals surface area contributed by atoms with Gasteiger partial charge in [-0.25, -0.2) is 4.39 Å². The molecule has 2 heteroatoms. The molecule has 0 aliphatic rings. The first-order chi connectivity index (χ1) is 12.7. The van der Waals surface area contributed by atoms with Crippen molar-refractivity contribution in [2.75, 3.05) is 0 Å². The highest BCUT2D eigenvalue weighted by atomic mass is 19.1. The third-order valence-corrected chi connectivity index (χ3v) is 4.65. The summed E-state index contributed by atoms with van der Waals surface area (Å²) in [4.78, 5) is 0. The molecule has 0 saturated carbocycles. The normalized spacial score (nSPS) is 11.7. The number of benzene rings is 3. The van der Waals surface area contributed by atoms with Crippen molar-refractivity contribution in [3.63, 3.8) is 0 Å². The van der Waals surface area contributed by atoms with E-state index in [1.54, 1.807) is 0 Å². The zero-order valence-corrected chi connectivity index (χ0v) is 15.0. The summed E-state index contributed by atoms with van der Waals surface area (Å²) in [5.41, 5.74) is 5.81. The highest BCUT2D eigenvalue weighted by Crippen LogP contribution is 2.28. The van der Waals surface area contributed by atoms with Crippen molar-refractivity contribution in [1.82, 2.24) is 0 Å². The highest BCUT2D eigenvalue weighted by Gasteiger charge is 2.09. The predicted octanol–water partition coefficient (Wildman–Crippen LogP) is 7.09. The Balaban J connectivity index is 1.74. The van der Waals surface area contributed by atoms with Gasteiger partial charge in [0.1, 0.15) is 6.17 Å². The second kappa shape index (κ2) is 8.45. The van der Waals surface area contributed by atoms with Crippen LogP contribution in [0.1, 0.15) is 43.5 Å². The minimum absolute atomic E-state index is 0.592. The van der Waals surface area contributed by atoms with E-state index in [-0.39, 0.29) is 0 Å². The van der Waals surface area contributed by atoms with Crippen molar-refractivity contribution in [2.45, 2.75) is 32.4 Å². The fourth-order valence-corrected chi connectivity index (χ4v) is 3.03. The quantitative estimate of drug-likeness (QED) is 0.468. The van der Waals surface area contributed by atoms with Gasteiger partial charge in [-0.3, -0.25) is 0 Å². The average molecular weight is 343 g/mol. The zero-order valence-electron chi connectivity index (χ0n) is 15.0. The smallest absolute Gasteiger partial charge is 0.125 e. The molecule has 1 atom stereocenters. The van der Waals surface area contributed by atoms with E-state index >= 15 is 0 Å². The van der Waals surface area contributed by atoms with E-state index in [0.29, 0.717) is 12.0 Å². The summed E-state index contributed by atoms with van der Waals surface area (Å²) in [6.45, 7) is 2.08. The molecule has 0 aliphatic heterocycles. The second-order valence-electron chi connectivity index (χ2n) is 6.50. The molecule has 0 heterocycles. The van der Waals surface area contributed by atoms with Crippen molar-refractivity contribution in [1.29, 1.82) is 5.26 Å². The summed E-state index contributed by atoms with van der Waals surface area (Å²) in [5, 5.41) is 8.88. The van der Waals surface area contributed by atoms with Crippen LogP contribution in [-0.2, 0) is 0 Å².